The van der Waals surface area contributed by atoms with E-state index in [0.29, 0.717) is 24.0 Å². The Balaban J connectivity index is 1.34. The molecule has 214 valence electrons. The van der Waals surface area contributed by atoms with Gasteiger partial charge >= 0.3 is 6.18 Å². The minimum Gasteiger partial charge on any atom is -0.493 e. The number of rotatable bonds is 8. The number of nitrogens with zero attached hydrogens (tertiary/aromatic N) is 1. The Morgan fingerprint density at radius 1 is 0.974 bits per heavy atom. The molecule has 39 heavy (non-hydrogen) atoms. The second-order valence-corrected chi connectivity index (χ2v) is 10.7. The van der Waals surface area contributed by atoms with Crippen LogP contribution >= 0.6 is 0 Å². The van der Waals surface area contributed by atoms with Crippen molar-refractivity contribution >= 4 is 5.69 Å². The Morgan fingerprint density at radius 3 is 2.36 bits per heavy atom. The molecule has 6 nitrogen and oxygen atoms in total. The average molecular weight is 550 g/mol. The van der Waals surface area contributed by atoms with E-state index < -0.39 is 24.4 Å². The average Bonchev–Trinajstić information content (AvgIpc) is 2.94. The standard InChI is InChI=1S/C30H38F3NO5/c1-35-29(36-2)21-12-14-34(15-13-21)23-8-6-20(7-9-23)28-22(18-30(31,32)33)19-38-26-17-24(10-11-25(26)28)39-27-5-3-4-16-37-27/h6-11,17,21-22,27-29H,3-5,12-16,18-19H2,1-2H3/t22-,27?,28-/m1/s1. The molecule has 0 bridgehead atoms. The van der Waals surface area contributed by atoms with E-state index in [0.717, 1.165) is 62.0 Å². The van der Waals surface area contributed by atoms with Gasteiger partial charge in [0.25, 0.3) is 0 Å². The van der Waals surface area contributed by atoms with Crippen LogP contribution in [0.1, 0.15) is 55.6 Å². The van der Waals surface area contributed by atoms with Gasteiger partial charge in [0.15, 0.2) is 12.6 Å². The van der Waals surface area contributed by atoms with Crippen molar-refractivity contribution in [1.82, 2.24) is 0 Å². The van der Waals surface area contributed by atoms with Crippen LogP contribution in [0.15, 0.2) is 42.5 Å². The number of methoxy groups -OCH3 is 2. The molecule has 0 spiro atoms. The van der Waals surface area contributed by atoms with Crippen molar-refractivity contribution in [2.24, 2.45) is 11.8 Å². The fourth-order valence-corrected chi connectivity index (χ4v) is 6.20. The Morgan fingerprint density at radius 2 is 1.72 bits per heavy atom. The van der Waals surface area contributed by atoms with Crippen molar-refractivity contribution in [2.75, 3.05) is 45.4 Å². The van der Waals surface area contributed by atoms with Gasteiger partial charge in [-0.1, -0.05) is 18.2 Å². The van der Waals surface area contributed by atoms with Crippen LogP contribution in [-0.2, 0) is 14.2 Å². The lowest BCUT2D eigenvalue weighted by Gasteiger charge is -2.37. The molecule has 2 saturated heterocycles. The largest absolute Gasteiger partial charge is 0.493 e. The van der Waals surface area contributed by atoms with Crippen LogP contribution in [0.25, 0.3) is 0 Å². The van der Waals surface area contributed by atoms with Crippen molar-refractivity contribution in [3.05, 3.63) is 53.6 Å². The number of halogens is 3. The van der Waals surface area contributed by atoms with E-state index in [2.05, 4.69) is 4.90 Å². The van der Waals surface area contributed by atoms with Crippen molar-refractivity contribution in [1.29, 1.82) is 0 Å². The summed E-state index contributed by atoms with van der Waals surface area (Å²) in [5, 5.41) is 0. The molecule has 3 aliphatic rings. The second kappa shape index (κ2) is 12.4. The molecule has 1 unspecified atom stereocenters. The normalized spacial score (nSPS) is 24.4. The monoisotopic (exact) mass is 549 g/mol. The van der Waals surface area contributed by atoms with Gasteiger partial charge < -0.3 is 28.6 Å². The van der Waals surface area contributed by atoms with Crippen LogP contribution < -0.4 is 14.4 Å². The first-order chi connectivity index (χ1) is 18.8. The molecule has 9 heteroatoms. The molecule has 3 atom stereocenters. The fraction of sp³-hybridized carbons (Fsp3) is 0.600. The number of hydrogen-bond acceptors (Lipinski definition) is 6. The number of benzene rings is 2. The maximum atomic E-state index is 13.6. The molecule has 5 rings (SSSR count). The summed E-state index contributed by atoms with van der Waals surface area (Å²) in [6.07, 6.45) is -0.903. The zero-order valence-electron chi connectivity index (χ0n) is 22.6. The molecular weight excluding hydrogens is 511 g/mol. The van der Waals surface area contributed by atoms with E-state index in [1.807, 2.05) is 36.4 Å². The summed E-state index contributed by atoms with van der Waals surface area (Å²) < 4.78 is 69.1. The van der Waals surface area contributed by atoms with Gasteiger partial charge in [0.1, 0.15) is 11.5 Å². The molecule has 0 saturated carbocycles. The molecule has 3 aliphatic heterocycles. The van der Waals surface area contributed by atoms with E-state index in [1.165, 1.54) is 0 Å². The number of piperidine rings is 1. The highest BCUT2D eigenvalue weighted by Crippen LogP contribution is 2.47. The highest BCUT2D eigenvalue weighted by atomic mass is 19.4. The van der Waals surface area contributed by atoms with Crippen molar-refractivity contribution in [3.8, 4) is 11.5 Å². The maximum Gasteiger partial charge on any atom is 0.389 e. The number of hydrogen-bond donors (Lipinski definition) is 0. The van der Waals surface area contributed by atoms with Gasteiger partial charge in [-0.25, -0.2) is 0 Å². The molecular formula is C30H38F3NO5. The third kappa shape index (κ3) is 6.81. The first kappa shape index (κ1) is 28.1. The quantitative estimate of drug-likeness (QED) is 0.350. The summed E-state index contributed by atoms with van der Waals surface area (Å²) in [6, 6.07) is 13.4. The number of alkyl halides is 3. The Hall–Kier alpha value is -2.49. The molecule has 2 aromatic carbocycles. The lowest BCUT2D eigenvalue weighted by molar-refractivity contribution is -0.148. The van der Waals surface area contributed by atoms with Gasteiger partial charge in [0.2, 0.25) is 0 Å². The number of fused-ring (bicyclic) bond motifs is 1. The zero-order chi connectivity index (χ0) is 27.4. The molecule has 2 aromatic rings. The lowest BCUT2D eigenvalue weighted by Crippen LogP contribution is -2.39. The maximum absolute atomic E-state index is 13.6. The summed E-state index contributed by atoms with van der Waals surface area (Å²) in [7, 11) is 3.33. The van der Waals surface area contributed by atoms with Gasteiger partial charge in [-0.2, -0.15) is 13.2 Å². The van der Waals surface area contributed by atoms with E-state index >= 15 is 0 Å². The first-order valence-electron chi connectivity index (χ1n) is 13.9. The third-order valence-electron chi connectivity index (χ3n) is 8.15. The van der Waals surface area contributed by atoms with E-state index in [4.69, 9.17) is 23.7 Å². The molecule has 0 N–H and O–H groups in total. The molecule has 3 heterocycles. The van der Waals surface area contributed by atoms with Gasteiger partial charge in [-0.3, -0.25) is 0 Å². The van der Waals surface area contributed by atoms with Gasteiger partial charge in [-0.15, -0.1) is 0 Å². The minimum atomic E-state index is -4.28. The van der Waals surface area contributed by atoms with Gasteiger partial charge in [0.05, 0.1) is 19.6 Å². The second-order valence-electron chi connectivity index (χ2n) is 10.7. The summed E-state index contributed by atoms with van der Waals surface area (Å²) >= 11 is 0. The predicted octanol–water partition coefficient (Wildman–Crippen LogP) is 6.52. The van der Waals surface area contributed by atoms with Crippen LogP contribution in [0.3, 0.4) is 0 Å². The number of anilines is 1. The molecule has 0 aromatic heterocycles. The van der Waals surface area contributed by atoms with Gasteiger partial charge in [-0.05, 0) is 49.4 Å². The Kier molecular flexibility index (Phi) is 8.89. The summed E-state index contributed by atoms with van der Waals surface area (Å²) in [5.41, 5.74) is 2.68. The van der Waals surface area contributed by atoms with Crippen LogP contribution in [-0.4, -0.2) is 59.3 Å². The highest BCUT2D eigenvalue weighted by Gasteiger charge is 2.40. The van der Waals surface area contributed by atoms with E-state index in [9.17, 15) is 13.2 Å². The van der Waals surface area contributed by atoms with Crippen LogP contribution in [0.4, 0.5) is 18.9 Å². The molecule has 0 radical (unpaired) electrons. The summed E-state index contributed by atoms with van der Waals surface area (Å²) in [5.74, 6) is 0.378. The van der Waals surface area contributed by atoms with Crippen LogP contribution in [0.2, 0.25) is 0 Å². The summed E-state index contributed by atoms with van der Waals surface area (Å²) in [4.78, 5) is 2.31. The lowest BCUT2D eigenvalue weighted by atomic mass is 9.77. The molecule has 0 amide bonds. The van der Waals surface area contributed by atoms with Crippen LogP contribution in [0, 0.1) is 11.8 Å². The Bertz CT molecular complexity index is 1060. The van der Waals surface area contributed by atoms with E-state index in [-0.39, 0.29) is 19.2 Å². The third-order valence-corrected chi connectivity index (χ3v) is 8.15. The van der Waals surface area contributed by atoms with Gasteiger partial charge in [0, 0.05) is 68.8 Å². The highest BCUT2D eigenvalue weighted by molar-refractivity contribution is 5.52. The number of ether oxygens (including phenoxy) is 5. The minimum absolute atomic E-state index is 0.00398. The SMILES string of the molecule is COC(OC)C1CCN(c2ccc([C@H]3c4ccc(OC5CCCCO5)cc4OC[C@H]3CC(F)(F)F)cc2)CC1. The van der Waals surface area contributed by atoms with Crippen molar-refractivity contribution in [3.63, 3.8) is 0 Å². The Labute approximate surface area is 228 Å². The smallest absolute Gasteiger partial charge is 0.389 e. The van der Waals surface area contributed by atoms with Crippen molar-refractivity contribution in [2.45, 2.75) is 63.2 Å². The fourth-order valence-electron chi connectivity index (χ4n) is 6.20. The molecule has 0 aliphatic carbocycles. The molecule has 2 fully saturated rings. The summed E-state index contributed by atoms with van der Waals surface area (Å²) in [6.45, 7) is 2.41. The van der Waals surface area contributed by atoms with E-state index in [1.54, 1.807) is 20.3 Å². The zero-order valence-corrected chi connectivity index (χ0v) is 22.6. The predicted molar refractivity (Wildman–Crippen MR) is 141 cm³/mol. The topological polar surface area (TPSA) is 49.4 Å². The van der Waals surface area contributed by atoms with Crippen LogP contribution in [0.5, 0.6) is 11.5 Å². The first-order valence-corrected chi connectivity index (χ1v) is 13.9. The van der Waals surface area contributed by atoms with Crippen molar-refractivity contribution < 1.29 is 36.9 Å².